The predicted octanol–water partition coefficient (Wildman–Crippen LogP) is 1.67. The Morgan fingerprint density at radius 3 is 3.00 bits per heavy atom. The highest BCUT2D eigenvalue weighted by Crippen LogP contribution is 2.27. The van der Waals surface area contributed by atoms with E-state index < -0.39 is 5.97 Å². The molecule has 1 atom stereocenters. The molecule has 2 N–H and O–H groups in total. The summed E-state index contributed by atoms with van der Waals surface area (Å²) in [6.07, 6.45) is 5.52. The molecular formula is C13H19N3O2. The van der Waals surface area contributed by atoms with E-state index >= 15 is 0 Å². The number of nitrogens with zero attached hydrogens (tertiary/aromatic N) is 2. The van der Waals surface area contributed by atoms with Crippen molar-refractivity contribution in [3.63, 3.8) is 0 Å². The van der Waals surface area contributed by atoms with E-state index in [9.17, 15) is 4.79 Å². The molecule has 5 nitrogen and oxygen atoms in total. The molecule has 1 saturated carbocycles. The smallest absolute Gasteiger partial charge is 0.339 e. The van der Waals surface area contributed by atoms with Gasteiger partial charge in [0.1, 0.15) is 5.56 Å². The van der Waals surface area contributed by atoms with Gasteiger partial charge in [0.15, 0.2) is 0 Å². The van der Waals surface area contributed by atoms with Crippen LogP contribution in [-0.2, 0) is 0 Å². The Hall–Kier alpha value is -1.62. The molecule has 0 saturated heterocycles. The Kier molecular flexibility index (Phi) is 3.81. The Balaban J connectivity index is 1.95. The van der Waals surface area contributed by atoms with E-state index in [4.69, 9.17) is 5.11 Å². The predicted molar refractivity (Wildman–Crippen MR) is 69.9 cm³/mol. The van der Waals surface area contributed by atoms with Crippen LogP contribution < -0.4 is 5.32 Å². The highest BCUT2D eigenvalue weighted by Gasteiger charge is 2.28. The molecule has 0 spiro atoms. The number of hydrogen-bond donors (Lipinski definition) is 2. The van der Waals surface area contributed by atoms with E-state index in [2.05, 4.69) is 29.2 Å². The third-order valence-corrected chi connectivity index (χ3v) is 3.46. The number of carboxylic acid groups (broad SMARTS) is 1. The van der Waals surface area contributed by atoms with E-state index in [-0.39, 0.29) is 5.56 Å². The SMILES string of the molecule is CC(CNc1ccncc1C(=O)O)N(C)C1CC1. The minimum absolute atomic E-state index is 0.221. The Labute approximate surface area is 107 Å². The Bertz CT molecular complexity index is 432. The fraction of sp³-hybridized carbons (Fsp3) is 0.538. The first-order chi connectivity index (χ1) is 8.59. The van der Waals surface area contributed by atoms with Crippen molar-refractivity contribution in [3.8, 4) is 0 Å². The highest BCUT2D eigenvalue weighted by molar-refractivity contribution is 5.93. The first-order valence-electron chi connectivity index (χ1n) is 6.22. The van der Waals surface area contributed by atoms with E-state index in [0.29, 0.717) is 17.8 Å². The van der Waals surface area contributed by atoms with Crippen LogP contribution in [0.5, 0.6) is 0 Å². The van der Waals surface area contributed by atoms with Gasteiger partial charge in [-0.25, -0.2) is 4.79 Å². The normalized spacial score (nSPS) is 16.6. The van der Waals surface area contributed by atoms with Crippen molar-refractivity contribution in [3.05, 3.63) is 24.0 Å². The molecule has 1 aromatic heterocycles. The van der Waals surface area contributed by atoms with E-state index in [1.807, 2.05) is 0 Å². The van der Waals surface area contributed by atoms with Crippen LogP contribution in [0.4, 0.5) is 5.69 Å². The van der Waals surface area contributed by atoms with Crippen LogP contribution in [-0.4, -0.2) is 46.6 Å². The topological polar surface area (TPSA) is 65.5 Å². The molecule has 98 valence electrons. The molecule has 2 rings (SSSR count). The summed E-state index contributed by atoms with van der Waals surface area (Å²) >= 11 is 0. The van der Waals surface area contributed by atoms with Crippen LogP contribution in [0.15, 0.2) is 18.5 Å². The van der Waals surface area contributed by atoms with Gasteiger partial charge in [-0.05, 0) is 32.9 Å². The molecule has 0 bridgehead atoms. The van der Waals surface area contributed by atoms with Crippen molar-refractivity contribution in [2.75, 3.05) is 18.9 Å². The summed E-state index contributed by atoms with van der Waals surface area (Å²) in [4.78, 5) is 17.2. The van der Waals surface area contributed by atoms with Gasteiger partial charge in [-0.15, -0.1) is 0 Å². The number of rotatable bonds is 6. The highest BCUT2D eigenvalue weighted by atomic mass is 16.4. The van der Waals surface area contributed by atoms with Gasteiger partial charge >= 0.3 is 5.97 Å². The van der Waals surface area contributed by atoms with Gasteiger partial charge < -0.3 is 10.4 Å². The summed E-state index contributed by atoms with van der Waals surface area (Å²) in [6.45, 7) is 2.88. The molecular weight excluding hydrogens is 230 g/mol. The number of nitrogens with one attached hydrogen (secondary N) is 1. The molecule has 18 heavy (non-hydrogen) atoms. The van der Waals surface area contributed by atoms with Crippen LogP contribution in [0.3, 0.4) is 0 Å². The Morgan fingerprint density at radius 1 is 1.67 bits per heavy atom. The lowest BCUT2D eigenvalue weighted by molar-refractivity contribution is 0.0697. The summed E-state index contributed by atoms with van der Waals surface area (Å²) in [5.74, 6) is -0.950. The lowest BCUT2D eigenvalue weighted by atomic mass is 10.2. The molecule has 1 heterocycles. The lowest BCUT2D eigenvalue weighted by Gasteiger charge is -2.25. The molecule has 1 aliphatic rings. The zero-order valence-corrected chi connectivity index (χ0v) is 10.8. The fourth-order valence-corrected chi connectivity index (χ4v) is 1.96. The number of likely N-dealkylation sites (N-methyl/N-ethyl adjacent to an activating group) is 1. The zero-order chi connectivity index (χ0) is 13.1. The van der Waals surface area contributed by atoms with Crippen molar-refractivity contribution in [1.82, 2.24) is 9.88 Å². The summed E-state index contributed by atoms with van der Waals surface area (Å²) in [5, 5.41) is 12.2. The van der Waals surface area contributed by atoms with Gasteiger partial charge in [0.05, 0.1) is 5.69 Å². The van der Waals surface area contributed by atoms with Gasteiger partial charge in [-0.2, -0.15) is 0 Å². The molecule has 5 heteroatoms. The quantitative estimate of drug-likeness (QED) is 0.803. The van der Waals surface area contributed by atoms with Gasteiger partial charge in [-0.3, -0.25) is 9.88 Å². The molecule has 1 fully saturated rings. The number of hydrogen-bond acceptors (Lipinski definition) is 4. The molecule has 0 amide bonds. The van der Waals surface area contributed by atoms with Crippen LogP contribution in [0, 0.1) is 0 Å². The summed E-state index contributed by atoms with van der Waals surface area (Å²) in [6, 6.07) is 2.79. The second kappa shape index (κ2) is 5.35. The number of aromatic carboxylic acids is 1. The average Bonchev–Trinajstić information content (AvgIpc) is 3.19. The second-order valence-corrected chi connectivity index (χ2v) is 4.85. The molecule has 1 aliphatic carbocycles. The number of anilines is 1. The Morgan fingerprint density at radius 2 is 2.39 bits per heavy atom. The third kappa shape index (κ3) is 2.98. The maximum Gasteiger partial charge on any atom is 0.339 e. The van der Waals surface area contributed by atoms with E-state index in [1.165, 1.54) is 19.0 Å². The summed E-state index contributed by atoms with van der Waals surface area (Å²) in [5.41, 5.74) is 0.854. The van der Waals surface area contributed by atoms with Gasteiger partial charge in [0, 0.05) is 31.0 Å². The fourth-order valence-electron chi connectivity index (χ4n) is 1.96. The van der Waals surface area contributed by atoms with Crippen molar-refractivity contribution in [1.29, 1.82) is 0 Å². The third-order valence-electron chi connectivity index (χ3n) is 3.46. The van der Waals surface area contributed by atoms with Crippen molar-refractivity contribution in [2.45, 2.75) is 31.8 Å². The molecule has 0 radical (unpaired) electrons. The minimum atomic E-state index is -0.950. The van der Waals surface area contributed by atoms with Crippen LogP contribution in [0.1, 0.15) is 30.1 Å². The van der Waals surface area contributed by atoms with Gasteiger partial charge in [0.25, 0.3) is 0 Å². The van der Waals surface area contributed by atoms with Crippen molar-refractivity contribution < 1.29 is 9.90 Å². The van der Waals surface area contributed by atoms with Gasteiger partial charge in [0.2, 0.25) is 0 Å². The molecule has 0 aliphatic heterocycles. The maximum atomic E-state index is 11.0. The zero-order valence-electron chi connectivity index (χ0n) is 10.8. The van der Waals surface area contributed by atoms with Crippen molar-refractivity contribution in [2.24, 2.45) is 0 Å². The average molecular weight is 249 g/mol. The first-order valence-corrected chi connectivity index (χ1v) is 6.22. The monoisotopic (exact) mass is 249 g/mol. The summed E-state index contributed by atoms with van der Waals surface area (Å²) in [7, 11) is 2.12. The van der Waals surface area contributed by atoms with Gasteiger partial charge in [-0.1, -0.05) is 0 Å². The van der Waals surface area contributed by atoms with Crippen LogP contribution in [0.2, 0.25) is 0 Å². The summed E-state index contributed by atoms with van der Waals surface area (Å²) < 4.78 is 0. The molecule has 1 aromatic rings. The number of carbonyl (C=O) groups is 1. The number of pyridine rings is 1. The number of aromatic nitrogens is 1. The first kappa shape index (κ1) is 12.8. The number of carboxylic acids is 1. The van der Waals surface area contributed by atoms with E-state index in [0.717, 1.165) is 6.54 Å². The van der Waals surface area contributed by atoms with Crippen LogP contribution >= 0.6 is 0 Å². The minimum Gasteiger partial charge on any atom is -0.478 e. The standard InChI is InChI=1S/C13H19N3O2/c1-9(16(2)10-3-4-10)7-15-12-5-6-14-8-11(12)13(17)18/h5-6,8-10H,3-4,7H2,1-2H3,(H,14,15)(H,17,18). The largest absolute Gasteiger partial charge is 0.478 e. The lowest BCUT2D eigenvalue weighted by Crippen LogP contribution is -2.36. The van der Waals surface area contributed by atoms with E-state index in [1.54, 1.807) is 12.3 Å². The molecule has 0 aromatic carbocycles. The van der Waals surface area contributed by atoms with Crippen LogP contribution in [0.25, 0.3) is 0 Å². The second-order valence-electron chi connectivity index (χ2n) is 4.85. The van der Waals surface area contributed by atoms with Crippen molar-refractivity contribution >= 4 is 11.7 Å². The molecule has 1 unspecified atom stereocenters. The maximum absolute atomic E-state index is 11.0.